The maximum atomic E-state index is 11.8. The minimum atomic E-state index is -3.54. The van der Waals surface area contributed by atoms with E-state index in [1.54, 1.807) is 25.1 Å². The highest BCUT2D eigenvalue weighted by molar-refractivity contribution is 7.92. The first-order valence-corrected chi connectivity index (χ1v) is 12.8. The number of esters is 1. The predicted octanol–water partition coefficient (Wildman–Crippen LogP) is 2.23. The first-order valence-electron chi connectivity index (χ1n) is 10.9. The second kappa shape index (κ2) is 10.9. The Morgan fingerprint density at radius 3 is 2.45 bits per heavy atom. The van der Waals surface area contributed by atoms with Crippen LogP contribution < -0.4 is 14.9 Å². The molecule has 4 N–H and O–H groups in total. The van der Waals surface area contributed by atoms with Gasteiger partial charge in [0.05, 0.1) is 30.2 Å². The van der Waals surface area contributed by atoms with Crippen molar-refractivity contribution in [3.63, 3.8) is 0 Å². The zero-order valence-corrected chi connectivity index (χ0v) is 19.6. The van der Waals surface area contributed by atoms with Crippen molar-refractivity contribution in [2.75, 3.05) is 42.1 Å². The van der Waals surface area contributed by atoms with Crippen molar-refractivity contribution in [2.24, 2.45) is 0 Å². The predicted molar refractivity (Wildman–Crippen MR) is 127 cm³/mol. The summed E-state index contributed by atoms with van der Waals surface area (Å²) in [6.07, 6.45) is 1.93. The van der Waals surface area contributed by atoms with Crippen molar-refractivity contribution in [1.29, 1.82) is 0 Å². The quantitative estimate of drug-likeness (QED) is 0.320. The summed E-state index contributed by atoms with van der Waals surface area (Å²) in [5.74, 6) is -0.523. The molecule has 0 spiro atoms. The maximum absolute atomic E-state index is 11.8. The summed E-state index contributed by atoms with van der Waals surface area (Å²) >= 11 is 0. The fourth-order valence-corrected chi connectivity index (χ4v) is 4.37. The molecule has 1 aliphatic heterocycles. The van der Waals surface area contributed by atoms with Gasteiger partial charge in [-0.3, -0.25) is 4.72 Å². The molecule has 0 bridgehead atoms. The fourth-order valence-electron chi connectivity index (χ4n) is 3.80. The van der Waals surface area contributed by atoms with E-state index in [0.717, 1.165) is 37.9 Å². The second-order valence-corrected chi connectivity index (χ2v) is 9.85. The van der Waals surface area contributed by atoms with E-state index in [4.69, 9.17) is 4.74 Å². The van der Waals surface area contributed by atoms with E-state index >= 15 is 0 Å². The molecule has 0 aromatic heterocycles. The average molecular weight is 478 g/mol. The number of rotatable bonds is 9. The van der Waals surface area contributed by atoms with Crippen LogP contribution in [0.15, 0.2) is 42.5 Å². The molecule has 180 valence electrons. The van der Waals surface area contributed by atoms with Crippen molar-refractivity contribution >= 4 is 27.4 Å². The number of hydrogen-bond donors (Lipinski definition) is 4. The number of anilines is 2. The van der Waals surface area contributed by atoms with Crippen molar-refractivity contribution in [2.45, 2.75) is 31.9 Å². The second-order valence-electron chi connectivity index (χ2n) is 8.10. The van der Waals surface area contributed by atoms with Gasteiger partial charge in [-0.05, 0) is 61.7 Å². The highest BCUT2D eigenvalue weighted by Gasteiger charge is 2.21. The Hall–Kier alpha value is -2.82. The lowest BCUT2D eigenvalue weighted by Crippen LogP contribution is -2.43. The van der Waals surface area contributed by atoms with Crippen LogP contribution in [0.3, 0.4) is 0 Å². The van der Waals surface area contributed by atoms with Crippen LogP contribution in [-0.4, -0.2) is 63.1 Å². The van der Waals surface area contributed by atoms with Crippen LogP contribution >= 0.6 is 0 Å². The molecule has 1 heterocycles. The summed E-state index contributed by atoms with van der Waals surface area (Å²) < 4.78 is 30.2. The van der Waals surface area contributed by atoms with Gasteiger partial charge in [-0.25, -0.2) is 13.2 Å². The Morgan fingerprint density at radius 1 is 1.18 bits per heavy atom. The molecular weight excluding hydrogens is 446 g/mol. The van der Waals surface area contributed by atoms with Gasteiger partial charge in [0.25, 0.3) is 0 Å². The van der Waals surface area contributed by atoms with Crippen molar-refractivity contribution in [3.05, 3.63) is 53.6 Å². The molecule has 9 nitrogen and oxygen atoms in total. The summed E-state index contributed by atoms with van der Waals surface area (Å²) in [4.78, 5) is 14.1. The van der Waals surface area contributed by atoms with Crippen LogP contribution in [-0.2, 0) is 14.8 Å². The molecule has 1 aliphatic rings. The van der Waals surface area contributed by atoms with Crippen molar-refractivity contribution < 1.29 is 28.2 Å². The van der Waals surface area contributed by atoms with E-state index in [0.29, 0.717) is 24.3 Å². The normalized spacial score (nSPS) is 15.8. The van der Waals surface area contributed by atoms with Gasteiger partial charge >= 0.3 is 5.97 Å². The summed E-state index contributed by atoms with van der Waals surface area (Å²) in [6.45, 7) is 4.12. The lowest BCUT2D eigenvalue weighted by molar-refractivity contribution is 0.0526. The van der Waals surface area contributed by atoms with Gasteiger partial charge in [0.2, 0.25) is 10.0 Å². The molecule has 0 amide bonds. The Bertz CT molecular complexity index is 1050. The number of aliphatic hydroxyl groups is 1. The molecule has 0 aliphatic carbocycles. The maximum Gasteiger partial charge on any atom is 0.338 e. The Labute approximate surface area is 194 Å². The van der Waals surface area contributed by atoms with Gasteiger partial charge in [0.15, 0.2) is 0 Å². The van der Waals surface area contributed by atoms with Gasteiger partial charge in [0, 0.05) is 31.4 Å². The summed E-state index contributed by atoms with van der Waals surface area (Å²) in [5, 5.41) is 23.8. The molecule has 0 saturated carbocycles. The average Bonchev–Trinajstić information content (AvgIpc) is 2.78. The number of benzene rings is 2. The standard InChI is InChI=1S/C23H31N3O6S/c1-3-32-23(29)16-4-7-19(8-5-16)26-12-10-18(11-13-26)24-15-22(28)17-6-9-21(27)20(14-17)25-33(2,30)31/h4-9,14,18,22,24-25,27-28H,3,10-13,15H2,1-2H3. The van der Waals surface area contributed by atoms with Crippen molar-refractivity contribution in [3.8, 4) is 5.75 Å². The van der Waals surface area contributed by atoms with Gasteiger partial charge in [-0.2, -0.15) is 0 Å². The van der Waals surface area contributed by atoms with Crippen LogP contribution in [0.1, 0.15) is 41.8 Å². The number of hydrogen-bond acceptors (Lipinski definition) is 8. The lowest BCUT2D eigenvalue weighted by Gasteiger charge is -2.34. The molecule has 1 saturated heterocycles. The number of aromatic hydroxyl groups is 1. The monoisotopic (exact) mass is 477 g/mol. The van der Waals surface area contributed by atoms with Crippen LogP contribution in [0.5, 0.6) is 5.75 Å². The van der Waals surface area contributed by atoms with Gasteiger partial charge in [-0.1, -0.05) is 6.07 Å². The molecule has 33 heavy (non-hydrogen) atoms. The van der Waals surface area contributed by atoms with Crippen LogP contribution in [0.2, 0.25) is 0 Å². The molecule has 3 rings (SSSR count). The molecular formula is C23H31N3O6S. The zero-order valence-electron chi connectivity index (χ0n) is 18.8. The Morgan fingerprint density at radius 2 is 1.85 bits per heavy atom. The fraction of sp³-hybridized carbons (Fsp3) is 0.435. The summed E-state index contributed by atoms with van der Waals surface area (Å²) in [6, 6.07) is 12.0. The number of phenolic OH excluding ortho intramolecular Hbond substituents is 1. The van der Waals surface area contributed by atoms with Crippen molar-refractivity contribution in [1.82, 2.24) is 5.32 Å². The minimum Gasteiger partial charge on any atom is -0.506 e. The Balaban J connectivity index is 1.49. The number of nitrogens with zero attached hydrogens (tertiary/aromatic N) is 1. The number of sulfonamides is 1. The van der Waals surface area contributed by atoms with E-state index in [-0.39, 0.29) is 23.4 Å². The third-order valence-corrected chi connectivity index (χ3v) is 6.13. The van der Waals surface area contributed by atoms with Gasteiger partial charge in [0.1, 0.15) is 5.75 Å². The van der Waals surface area contributed by atoms with E-state index in [2.05, 4.69) is 14.9 Å². The molecule has 1 unspecified atom stereocenters. The number of carbonyl (C=O) groups excluding carboxylic acids is 1. The van der Waals surface area contributed by atoms with Crippen LogP contribution in [0, 0.1) is 0 Å². The van der Waals surface area contributed by atoms with E-state index < -0.39 is 16.1 Å². The molecule has 2 aromatic carbocycles. The molecule has 1 fully saturated rings. The van der Waals surface area contributed by atoms with E-state index in [9.17, 15) is 23.4 Å². The third-order valence-electron chi connectivity index (χ3n) is 5.54. The summed E-state index contributed by atoms with van der Waals surface area (Å²) in [7, 11) is -3.54. The van der Waals surface area contributed by atoms with Gasteiger partial charge in [-0.15, -0.1) is 0 Å². The van der Waals surface area contributed by atoms with E-state index in [1.807, 2.05) is 12.1 Å². The number of aliphatic hydroxyl groups excluding tert-OH is 1. The zero-order chi connectivity index (χ0) is 24.0. The van der Waals surface area contributed by atoms with E-state index in [1.165, 1.54) is 12.1 Å². The minimum absolute atomic E-state index is 0.0383. The highest BCUT2D eigenvalue weighted by atomic mass is 32.2. The number of carbonyl (C=O) groups is 1. The summed E-state index contributed by atoms with van der Waals surface area (Å²) in [5.41, 5.74) is 2.13. The number of ether oxygens (including phenoxy) is 1. The van der Waals surface area contributed by atoms with Crippen LogP contribution in [0.4, 0.5) is 11.4 Å². The first kappa shape index (κ1) is 24.8. The molecule has 10 heteroatoms. The topological polar surface area (TPSA) is 128 Å². The molecule has 2 aromatic rings. The number of piperidine rings is 1. The first-order chi connectivity index (χ1) is 15.7. The lowest BCUT2D eigenvalue weighted by atomic mass is 10.0. The molecule has 1 atom stereocenters. The largest absolute Gasteiger partial charge is 0.506 e. The number of phenols is 1. The van der Waals surface area contributed by atoms with Gasteiger partial charge < -0.3 is 25.2 Å². The highest BCUT2D eigenvalue weighted by Crippen LogP contribution is 2.28. The van der Waals surface area contributed by atoms with Crippen LogP contribution in [0.25, 0.3) is 0 Å². The smallest absolute Gasteiger partial charge is 0.338 e. The SMILES string of the molecule is CCOC(=O)c1ccc(N2CCC(NCC(O)c3ccc(O)c(NS(C)(=O)=O)c3)CC2)cc1. The number of nitrogens with one attached hydrogen (secondary N) is 2. The Kier molecular flexibility index (Phi) is 8.17. The molecule has 0 radical (unpaired) electrons. The third kappa shape index (κ3) is 7.08.